The van der Waals surface area contributed by atoms with E-state index in [1.807, 2.05) is 25.1 Å². The molecule has 4 nitrogen and oxygen atoms in total. The SMILES string of the molecule is CCn1nccc1C(=O)c1ccc2c(c1)COC2. The molecule has 1 aliphatic heterocycles. The van der Waals surface area contributed by atoms with Crippen molar-refractivity contribution in [3.05, 3.63) is 52.8 Å². The molecule has 0 saturated carbocycles. The molecule has 1 aromatic carbocycles. The van der Waals surface area contributed by atoms with Gasteiger partial charge in [-0.25, -0.2) is 0 Å². The molecule has 0 atom stereocenters. The molecule has 18 heavy (non-hydrogen) atoms. The first-order chi connectivity index (χ1) is 8.79. The Hall–Kier alpha value is -1.94. The standard InChI is InChI=1S/C14H14N2O2/c1-2-16-13(5-6-15-16)14(17)10-3-4-11-8-18-9-12(11)7-10/h3-7H,2,8-9H2,1H3. The van der Waals surface area contributed by atoms with Crippen LogP contribution >= 0.6 is 0 Å². The molecule has 0 radical (unpaired) electrons. The summed E-state index contributed by atoms with van der Waals surface area (Å²) in [6.07, 6.45) is 1.66. The van der Waals surface area contributed by atoms with Gasteiger partial charge in [0.25, 0.3) is 0 Å². The third-order valence-corrected chi connectivity index (χ3v) is 3.23. The fourth-order valence-corrected chi connectivity index (χ4v) is 2.24. The van der Waals surface area contributed by atoms with Crippen molar-refractivity contribution >= 4 is 5.78 Å². The van der Waals surface area contributed by atoms with Crippen LogP contribution in [0.15, 0.2) is 30.5 Å². The minimum Gasteiger partial charge on any atom is -0.372 e. The molecule has 0 aliphatic carbocycles. The summed E-state index contributed by atoms with van der Waals surface area (Å²) in [7, 11) is 0. The van der Waals surface area contributed by atoms with Gasteiger partial charge in [0, 0.05) is 18.3 Å². The molecular weight excluding hydrogens is 228 g/mol. The predicted octanol–water partition coefficient (Wildman–Crippen LogP) is 2.16. The number of nitrogens with zero attached hydrogens (tertiary/aromatic N) is 2. The minimum absolute atomic E-state index is 0.0176. The number of ether oxygens (including phenoxy) is 1. The van der Waals surface area contributed by atoms with Crippen molar-refractivity contribution in [2.45, 2.75) is 26.7 Å². The lowest BCUT2D eigenvalue weighted by molar-refractivity contribution is 0.102. The number of carbonyl (C=O) groups is 1. The summed E-state index contributed by atoms with van der Waals surface area (Å²) >= 11 is 0. The van der Waals surface area contributed by atoms with Crippen LogP contribution in [0.25, 0.3) is 0 Å². The molecule has 0 fully saturated rings. The number of ketones is 1. The topological polar surface area (TPSA) is 44.1 Å². The van der Waals surface area contributed by atoms with Crippen LogP contribution in [-0.2, 0) is 24.5 Å². The van der Waals surface area contributed by atoms with Crippen molar-refractivity contribution in [1.29, 1.82) is 0 Å². The van der Waals surface area contributed by atoms with Gasteiger partial charge in [0.2, 0.25) is 5.78 Å². The van der Waals surface area contributed by atoms with Crippen LogP contribution in [0.2, 0.25) is 0 Å². The summed E-state index contributed by atoms with van der Waals surface area (Å²) in [5.74, 6) is 0.0176. The van der Waals surface area contributed by atoms with Crippen LogP contribution in [0.5, 0.6) is 0 Å². The van der Waals surface area contributed by atoms with Gasteiger partial charge in [-0.05, 0) is 30.2 Å². The Morgan fingerprint density at radius 3 is 3.00 bits per heavy atom. The Morgan fingerprint density at radius 2 is 2.17 bits per heavy atom. The van der Waals surface area contributed by atoms with Crippen molar-refractivity contribution < 1.29 is 9.53 Å². The normalized spacial score (nSPS) is 13.6. The summed E-state index contributed by atoms with van der Waals surface area (Å²) in [6, 6.07) is 7.53. The van der Waals surface area contributed by atoms with Crippen LogP contribution in [0.4, 0.5) is 0 Å². The first-order valence-electron chi connectivity index (χ1n) is 6.05. The summed E-state index contributed by atoms with van der Waals surface area (Å²) in [5, 5.41) is 4.12. The highest BCUT2D eigenvalue weighted by molar-refractivity contribution is 6.08. The van der Waals surface area contributed by atoms with E-state index in [-0.39, 0.29) is 5.78 Å². The van der Waals surface area contributed by atoms with Crippen molar-refractivity contribution in [1.82, 2.24) is 9.78 Å². The summed E-state index contributed by atoms with van der Waals surface area (Å²) in [4.78, 5) is 12.4. The van der Waals surface area contributed by atoms with Crippen LogP contribution in [0.1, 0.15) is 34.1 Å². The molecule has 1 aromatic heterocycles. The fraction of sp³-hybridized carbons (Fsp3) is 0.286. The zero-order valence-electron chi connectivity index (χ0n) is 10.2. The maximum absolute atomic E-state index is 12.4. The van der Waals surface area contributed by atoms with Crippen molar-refractivity contribution in [3.8, 4) is 0 Å². The maximum atomic E-state index is 12.4. The Bertz CT molecular complexity index is 602. The van der Waals surface area contributed by atoms with E-state index in [4.69, 9.17) is 4.74 Å². The molecule has 2 heterocycles. The molecule has 0 bridgehead atoms. The van der Waals surface area contributed by atoms with Crippen molar-refractivity contribution in [2.75, 3.05) is 0 Å². The maximum Gasteiger partial charge on any atom is 0.211 e. The van der Waals surface area contributed by atoms with Gasteiger partial charge in [-0.15, -0.1) is 0 Å². The molecule has 0 unspecified atom stereocenters. The average Bonchev–Trinajstić information content (AvgIpc) is 3.05. The van der Waals surface area contributed by atoms with Crippen LogP contribution in [0, 0.1) is 0 Å². The van der Waals surface area contributed by atoms with E-state index in [9.17, 15) is 4.79 Å². The Morgan fingerprint density at radius 1 is 1.33 bits per heavy atom. The van der Waals surface area contributed by atoms with E-state index in [1.54, 1.807) is 16.9 Å². The van der Waals surface area contributed by atoms with E-state index in [1.165, 1.54) is 5.56 Å². The minimum atomic E-state index is 0.0176. The van der Waals surface area contributed by atoms with E-state index in [2.05, 4.69) is 5.10 Å². The third kappa shape index (κ3) is 1.75. The largest absolute Gasteiger partial charge is 0.372 e. The second-order valence-corrected chi connectivity index (χ2v) is 4.34. The molecule has 0 saturated heterocycles. The van der Waals surface area contributed by atoms with Gasteiger partial charge < -0.3 is 4.74 Å². The molecule has 2 aromatic rings. The van der Waals surface area contributed by atoms with Crippen molar-refractivity contribution in [3.63, 3.8) is 0 Å². The number of hydrogen-bond acceptors (Lipinski definition) is 3. The first-order valence-corrected chi connectivity index (χ1v) is 6.05. The van der Waals surface area contributed by atoms with Gasteiger partial charge in [-0.2, -0.15) is 5.10 Å². The first kappa shape index (κ1) is 11.2. The Kier molecular flexibility index (Phi) is 2.72. The number of benzene rings is 1. The predicted molar refractivity (Wildman–Crippen MR) is 66.3 cm³/mol. The lowest BCUT2D eigenvalue weighted by atomic mass is 10.0. The lowest BCUT2D eigenvalue weighted by Gasteiger charge is -2.05. The molecular formula is C14H14N2O2. The lowest BCUT2D eigenvalue weighted by Crippen LogP contribution is -2.10. The van der Waals surface area contributed by atoms with Crippen LogP contribution in [-0.4, -0.2) is 15.6 Å². The molecule has 92 valence electrons. The molecule has 0 N–H and O–H groups in total. The van der Waals surface area contributed by atoms with E-state index in [0.717, 1.165) is 5.56 Å². The molecule has 0 amide bonds. The molecule has 3 rings (SSSR count). The number of fused-ring (bicyclic) bond motifs is 1. The molecule has 0 spiro atoms. The third-order valence-electron chi connectivity index (χ3n) is 3.23. The zero-order valence-corrected chi connectivity index (χ0v) is 10.2. The zero-order chi connectivity index (χ0) is 12.5. The van der Waals surface area contributed by atoms with E-state index >= 15 is 0 Å². The molecule has 4 heteroatoms. The number of rotatable bonds is 3. The van der Waals surface area contributed by atoms with Crippen molar-refractivity contribution in [2.24, 2.45) is 0 Å². The highest BCUT2D eigenvalue weighted by Gasteiger charge is 2.17. The second kappa shape index (κ2) is 4.38. The van der Waals surface area contributed by atoms with Gasteiger partial charge in [0.05, 0.1) is 13.2 Å². The molecule has 1 aliphatic rings. The van der Waals surface area contributed by atoms with E-state index in [0.29, 0.717) is 31.0 Å². The monoisotopic (exact) mass is 242 g/mol. The Labute approximate surface area is 105 Å². The van der Waals surface area contributed by atoms with Gasteiger partial charge in [-0.3, -0.25) is 9.48 Å². The van der Waals surface area contributed by atoms with Crippen LogP contribution < -0.4 is 0 Å². The summed E-state index contributed by atoms with van der Waals surface area (Å²) < 4.78 is 7.07. The summed E-state index contributed by atoms with van der Waals surface area (Å²) in [6.45, 7) is 3.92. The number of hydrogen-bond donors (Lipinski definition) is 0. The van der Waals surface area contributed by atoms with Gasteiger partial charge >= 0.3 is 0 Å². The average molecular weight is 242 g/mol. The second-order valence-electron chi connectivity index (χ2n) is 4.34. The fourth-order valence-electron chi connectivity index (χ4n) is 2.24. The van der Waals surface area contributed by atoms with E-state index < -0.39 is 0 Å². The van der Waals surface area contributed by atoms with Crippen LogP contribution in [0.3, 0.4) is 0 Å². The number of carbonyl (C=O) groups excluding carboxylic acids is 1. The number of aromatic nitrogens is 2. The van der Waals surface area contributed by atoms with Gasteiger partial charge in [0.15, 0.2) is 0 Å². The van der Waals surface area contributed by atoms with Gasteiger partial charge in [-0.1, -0.05) is 12.1 Å². The quantitative estimate of drug-likeness (QED) is 0.775. The number of aryl methyl sites for hydroxylation is 1. The summed E-state index contributed by atoms with van der Waals surface area (Å²) in [5.41, 5.74) is 3.63. The smallest absolute Gasteiger partial charge is 0.211 e. The highest BCUT2D eigenvalue weighted by atomic mass is 16.5. The highest BCUT2D eigenvalue weighted by Crippen LogP contribution is 2.22. The van der Waals surface area contributed by atoms with Gasteiger partial charge in [0.1, 0.15) is 5.69 Å². The Balaban J connectivity index is 1.98.